The number of carbonyl (C=O) groups excluding carboxylic acids is 4. The lowest BCUT2D eigenvalue weighted by Crippen LogP contribution is -2.50. The van der Waals surface area contributed by atoms with Gasteiger partial charge in [0.15, 0.2) is 11.2 Å². The highest BCUT2D eigenvalue weighted by Gasteiger charge is 2.27. The van der Waals surface area contributed by atoms with E-state index in [9.17, 15) is 32.8 Å². The number of anilines is 4. The van der Waals surface area contributed by atoms with Crippen LogP contribution in [0.25, 0.3) is 33.3 Å². The summed E-state index contributed by atoms with van der Waals surface area (Å²) < 4.78 is 80.5. The van der Waals surface area contributed by atoms with Crippen molar-refractivity contribution in [1.29, 1.82) is 0 Å². The topological polar surface area (TPSA) is 348 Å². The smallest absolute Gasteiger partial charge is 0.387 e. The van der Waals surface area contributed by atoms with Gasteiger partial charge in [-0.3, -0.25) is 24.2 Å². The van der Waals surface area contributed by atoms with E-state index in [2.05, 4.69) is 35.6 Å². The number of methoxy groups -OCH3 is 1. The standard InChI is InChI=1S/C70H81F2N17O14/c1-84(43-52-41-74-64-63(77-52)66(93)81-69(73)80-64)53-16-12-47(13-17-53)65(92)79-57(67(94)95-2)19-15-51-44-87(83-82-51)25-26-96-27-28-97-29-30-98-31-32-99-33-34-100-35-36-101-46-62(91)85-21-23-86(24-22-85)70-75-39-50(40-76-70)48-14-18-56-58(37-48)89(42-49-7-3-4-10-59(49)103-68(71)72)60(78-56)45-102-55-9-5-8-54(38-55)88-20-6-11-61(88)90/h3-5,7-10,12-14,16-18,37-41,44,57,68H,6,11,15,19-36,42-43,45-46H2,1-2H3,(H,79,92)(H3,73,74,80,81,93)/t57-/m0/s1. The fourth-order valence-corrected chi connectivity index (χ4v) is 11.5. The molecule has 4 N–H and O–H groups in total. The minimum atomic E-state index is -3.01. The van der Waals surface area contributed by atoms with Crippen molar-refractivity contribution in [3.05, 3.63) is 154 Å². The summed E-state index contributed by atoms with van der Waals surface area (Å²) in [7, 11) is 3.09. The van der Waals surface area contributed by atoms with Crippen molar-refractivity contribution >= 4 is 69.2 Å². The first-order chi connectivity index (χ1) is 50.2. The van der Waals surface area contributed by atoms with Crippen LogP contribution >= 0.6 is 0 Å². The third-order valence-electron chi connectivity index (χ3n) is 16.9. The molecule has 9 aromatic rings. The highest BCUT2D eigenvalue weighted by Crippen LogP contribution is 2.31. The molecule has 0 spiro atoms. The summed E-state index contributed by atoms with van der Waals surface area (Å²) in [5.74, 6) is 0.540. The van der Waals surface area contributed by atoms with Gasteiger partial charge in [-0.1, -0.05) is 35.5 Å². The number of halogens is 2. The molecule has 2 aliphatic heterocycles. The molecule has 2 saturated heterocycles. The number of para-hydroxylation sites is 1. The average molecular weight is 1420 g/mol. The molecule has 0 radical (unpaired) electrons. The van der Waals surface area contributed by atoms with Gasteiger partial charge in [0.05, 0.1) is 128 Å². The lowest BCUT2D eigenvalue weighted by Gasteiger charge is -2.34. The molecular weight excluding hydrogens is 1340 g/mol. The molecule has 544 valence electrons. The van der Waals surface area contributed by atoms with E-state index in [1.54, 1.807) is 75.5 Å². The Morgan fingerprint density at radius 2 is 1.45 bits per heavy atom. The van der Waals surface area contributed by atoms with Gasteiger partial charge in [-0.25, -0.2) is 34.4 Å². The maximum atomic E-state index is 13.5. The number of hydrogen-bond acceptors (Lipinski definition) is 25. The Balaban J connectivity index is 0.503. The van der Waals surface area contributed by atoms with Crippen LogP contribution < -0.4 is 40.8 Å². The number of ether oxygens (including phenoxy) is 9. The molecule has 2 aliphatic rings. The lowest BCUT2D eigenvalue weighted by atomic mass is 10.1. The third-order valence-corrected chi connectivity index (χ3v) is 16.9. The van der Waals surface area contributed by atoms with Gasteiger partial charge < -0.3 is 77.8 Å². The molecule has 0 bridgehead atoms. The summed E-state index contributed by atoms with van der Waals surface area (Å²) in [6.45, 7) is 4.48. The van der Waals surface area contributed by atoms with Crippen LogP contribution in [0.3, 0.4) is 0 Å². The number of imidazole rings is 1. The quantitative estimate of drug-likeness (QED) is 0.0335. The van der Waals surface area contributed by atoms with Crippen molar-refractivity contribution in [3.8, 4) is 22.6 Å². The second-order valence-electron chi connectivity index (χ2n) is 23.9. The van der Waals surface area contributed by atoms with E-state index in [1.807, 2.05) is 63.9 Å². The number of aryl methyl sites for hydroxylation is 1. The Labute approximate surface area is 590 Å². The van der Waals surface area contributed by atoms with Gasteiger partial charge in [0.25, 0.3) is 11.5 Å². The zero-order valence-electron chi connectivity index (χ0n) is 57.1. The molecule has 33 heteroatoms. The highest BCUT2D eigenvalue weighted by molar-refractivity contribution is 5.97. The van der Waals surface area contributed by atoms with E-state index >= 15 is 0 Å². The summed E-state index contributed by atoms with van der Waals surface area (Å²) >= 11 is 0. The molecule has 3 amide bonds. The number of nitrogens with one attached hydrogen (secondary N) is 2. The number of aromatic nitrogens is 11. The minimum absolute atomic E-state index is 0.0460. The van der Waals surface area contributed by atoms with Crippen LogP contribution in [0.1, 0.15) is 52.4 Å². The van der Waals surface area contributed by atoms with Crippen LogP contribution in [0, 0.1) is 0 Å². The van der Waals surface area contributed by atoms with E-state index in [0.717, 1.165) is 34.4 Å². The number of alkyl halides is 2. The van der Waals surface area contributed by atoms with Crippen molar-refractivity contribution in [2.24, 2.45) is 0 Å². The number of benzene rings is 4. The van der Waals surface area contributed by atoms with Gasteiger partial charge in [0.2, 0.25) is 23.7 Å². The molecule has 11 rings (SSSR count). The maximum Gasteiger partial charge on any atom is 0.387 e. The number of hydrogen-bond donors (Lipinski definition) is 3. The molecule has 0 saturated carbocycles. The number of rotatable bonds is 39. The van der Waals surface area contributed by atoms with Crippen molar-refractivity contribution < 1.29 is 70.6 Å². The van der Waals surface area contributed by atoms with Gasteiger partial charge in [-0.15, -0.1) is 5.10 Å². The SMILES string of the molecule is COC(=O)[C@H](CCc1cn(CCOCCOCCOCCOCCOCCOCC(=O)N2CCN(c3ncc(-c4ccc5nc(COc6cccc(N7CCCC7=O)c6)n(Cc6ccccc6OC(F)F)c5c4)cn3)CC2)nn1)NC(=O)c1ccc(N(C)Cc2cnc3nc(N)[nH]c(=O)c3n2)cc1. The summed E-state index contributed by atoms with van der Waals surface area (Å²) in [4.78, 5) is 100. The Morgan fingerprint density at radius 1 is 0.738 bits per heavy atom. The molecule has 0 unspecified atom stereocenters. The number of esters is 1. The van der Waals surface area contributed by atoms with Crippen LogP contribution in [0.4, 0.5) is 32.1 Å². The number of aromatic amines is 1. The fourth-order valence-electron chi connectivity index (χ4n) is 11.5. The van der Waals surface area contributed by atoms with E-state index in [1.165, 1.54) is 19.4 Å². The first-order valence-electron chi connectivity index (χ1n) is 33.7. The fraction of sp³-hybridized carbons (Fsp3) is 0.414. The second kappa shape index (κ2) is 36.8. The van der Waals surface area contributed by atoms with Gasteiger partial charge in [-0.2, -0.15) is 13.8 Å². The first kappa shape index (κ1) is 73.5. The summed E-state index contributed by atoms with van der Waals surface area (Å²) in [5.41, 5.74) is 11.8. The molecule has 7 heterocycles. The van der Waals surface area contributed by atoms with Crippen molar-refractivity contribution in [1.82, 2.24) is 64.7 Å². The summed E-state index contributed by atoms with van der Waals surface area (Å²) in [6, 6.07) is 25.6. The van der Waals surface area contributed by atoms with E-state index < -0.39 is 30.1 Å². The van der Waals surface area contributed by atoms with Crippen LogP contribution in [-0.4, -0.2) is 222 Å². The summed E-state index contributed by atoms with van der Waals surface area (Å²) in [5, 5.41) is 11.1. The maximum absolute atomic E-state index is 13.5. The molecule has 5 aromatic heterocycles. The Kier molecular flexibility index (Phi) is 26.2. The largest absolute Gasteiger partial charge is 0.486 e. The van der Waals surface area contributed by atoms with Crippen LogP contribution in [0.5, 0.6) is 11.5 Å². The molecule has 0 aliphatic carbocycles. The molecule has 2 fully saturated rings. The molecule has 103 heavy (non-hydrogen) atoms. The lowest BCUT2D eigenvalue weighted by molar-refractivity contribution is -0.143. The predicted molar refractivity (Wildman–Crippen MR) is 372 cm³/mol. The van der Waals surface area contributed by atoms with Gasteiger partial charge in [0, 0.05) is 98.9 Å². The third kappa shape index (κ3) is 20.7. The van der Waals surface area contributed by atoms with Crippen LogP contribution in [-0.2, 0) is 80.2 Å². The number of fused-ring (bicyclic) bond motifs is 2. The normalized spacial score (nSPS) is 13.5. The predicted octanol–water partition coefficient (Wildman–Crippen LogP) is 5.04. The van der Waals surface area contributed by atoms with Gasteiger partial charge in [-0.05, 0) is 79.4 Å². The van der Waals surface area contributed by atoms with Crippen LogP contribution in [0.2, 0.25) is 0 Å². The van der Waals surface area contributed by atoms with Crippen molar-refractivity contribution in [2.75, 3.05) is 147 Å². The van der Waals surface area contributed by atoms with Crippen LogP contribution in [0.15, 0.2) is 121 Å². The van der Waals surface area contributed by atoms with Gasteiger partial charge in [0.1, 0.15) is 36.6 Å². The Hall–Kier alpha value is -10.7. The molecule has 4 aromatic carbocycles. The second-order valence-corrected chi connectivity index (χ2v) is 23.9. The Morgan fingerprint density at radius 3 is 2.15 bits per heavy atom. The number of piperazine rings is 1. The van der Waals surface area contributed by atoms with Gasteiger partial charge >= 0.3 is 12.6 Å². The number of nitrogens with two attached hydrogens (primary N) is 1. The number of carbonyl (C=O) groups is 4. The van der Waals surface area contributed by atoms with E-state index in [0.29, 0.717) is 170 Å². The molecular formula is C70H81F2N17O14. The minimum Gasteiger partial charge on any atom is -0.486 e. The number of nitrogens with zero attached hydrogens (tertiary/aromatic N) is 14. The molecule has 31 nitrogen and oxygen atoms in total. The highest BCUT2D eigenvalue weighted by atomic mass is 19.3. The van der Waals surface area contributed by atoms with Crippen molar-refractivity contribution in [3.63, 3.8) is 0 Å². The zero-order valence-corrected chi connectivity index (χ0v) is 57.1. The molecule has 1 atom stereocenters. The first-order valence-corrected chi connectivity index (χ1v) is 33.7. The van der Waals surface area contributed by atoms with E-state index in [-0.39, 0.29) is 67.5 Å². The zero-order chi connectivity index (χ0) is 71.9. The van der Waals surface area contributed by atoms with E-state index in [4.69, 9.17) is 63.3 Å². The average Bonchev–Trinajstić information content (AvgIpc) is 1.67. The number of amides is 3. The summed E-state index contributed by atoms with van der Waals surface area (Å²) in [6.07, 6.45) is 8.64. The number of nitrogen functional groups attached to an aromatic ring is 1. The number of H-pyrrole nitrogens is 1. The monoisotopic (exact) mass is 1420 g/mol. The van der Waals surface area contributed by atoms with Crippen molar-refractivity contribution in [2.45, 2.75) is 64.6 Å². The Bertz CT molecular complexity index is 4350.